The van der Waals surface area contributed by atoms with E-state index in [4.69, 9.17) is 23.2 Å². The van der Waals surface area contributed by atoms with Crippen molar-refractivity contribution < 1.29 is 4.79 Å². The highest BCUT2D eigenvalue weighted by Gasteiger charge is 2.29. The minimum Gasteiger partial charge on any atom is -0.353 e. The van der Waals surface area contributed by atoms with Crippen LogP contribution in [0.4, 0.5) is 17.1 Å². The molecule has 0 saturated heterocycles. The fourth-order valence-corrected chi connectivity index (χ4v) is 2.48. The third-order valence-electron chi connectivity index (χ3n) is 3.33. The Bertz CT molecular complexity index is 646. The van der Waals surface area contributed by atoms with E-state index in [9.17, 15) is 4.79 Å². The number of carbonyl (C=O) groups is 1. The van der Waals surface area contributed by atoms with Gasteiger partial charge < -0.3 is 10.6 Å². The van der Waals surface area contributed by atoms with Crippen LogP contribution < -0.4 is 10.6 Å². The second-order valence-corrected chi connectivity index (χ2v) is 5.88. The lowest BCUT2D eigenvalue weighted by molar-refractivity contribution is -0.117. The Balaban J connectivity index is 1.70. The van der Waals surface area contributed by atoms with Crippen LogP contribution >= 0.6 is 23.2 Å². The predicted molar refractivity (Wildman–Crippen MR) is 87.5 cm³/mol. The lowest BCUT2D eigenvalue weighted by Gasteiger charge is -2.11. The van der Waals surface area contributed by atoms with Crippen LogP contribution in [0, 0.1) is 5.92 Å². The van der Waals surface area contributed by atoms with Gasteiger partial charge in [-0.15, -0.1) is 0 Å². The Morgan fingerprint density at radius 3 is 2.10 bits per heavy atom. The number of hydrogen-bond donors (Lipinski definition) is 2. The quantitative estimate of drug-likeness (QED) is 0.824. The summed E-state index contributed by atoms with van der Waals surface area (Å²) in [4.78, 5) is 11.7. The zero-order valence-corrected chi connectivity index (χ0v) is 12.7. The zero-order valence-electron chi connectivity index (χ0n) is 11.2. The van der Waals surface area contributed by atoms with Crippen molar-refractivity contribution in [2.45, 2.75) is 12.8 Å². The van der Waals surface area contributed by atoms with Gasteiger partial charge in [-0.3, -0.25) is 4.79 Å². The second kappa shape index (κ2) is 5.96. The van der Waals surface area contributed by atoms with E-state index < -0.39 is 0 Å². The van der Waals surface area contributed by atoms with E-state index in [1.54, 1.807) is 18.2 Å². The maximum absolute atomic E-state index is 11.7. The van der Waals surface area contributed by atoms with Gasteiger partial charge >= 0.3 is 0 Å². The summed E-state index contributed by atoms with van der Waals surface area (Å²) < 4.78 is 0. The maximum Gasteiger partial charge on any atom is 0.227 e. The molecule has 108 valence electrons. The summed E-state index contributed by atoms with van der Waals surface area (Å²) >= 11 is 12.2. The number of amides is 1. The molecule has 0 aromatic heterocycles. The highest BCUT2D eigenvalue weighted by atomic mass is 35.5. The fraction of sp³-hybridized carbons (Fsp3) is 0.188. The summed E-state index contributed by atoms with van der Waals surface area (Å²) in [5, 5.41) is 7.21. The van der Waals surface area contributed by atoms with Crippen molar-refractivity contribution in [1.29, 1.82) is 0 Å². The van der Waals surface area contributed by atoms with Crippen LogP contribution in [0.25, 0.3) is 0 Å². The molecule has 0 atom stereocenters. The van der Waals surface area contributed by atoms with Gasteiger partial charge in [-0.2, -0.15) is 0 Å². The van der Waals surface area contributed by atoms with Gasteiger partial charge in [0.15, 0.2) is 0 Å². The summed E-state index contributed by atoms with van der Waals surface area (Å²) in [6, 6.07) is 12.8. The summed E-state index contributed by atoms with van der Waals surface area (Å²) in [7, 11) is 0. The summed E-state index contributed by atoms with van der Waals surface area (Å²) in [6.07, 6.45) is 1.99. The van der Waals surface area contributed by atoms with Gasteiger partial charge in [0.25, 0.3) is 0 Å². The van der Waals surface area contributed by atoms with E-state index in [1.807, 2.05) is 24.3 Å². The number of anilines is 3. The molecule has 2 N–H and O–H groups in total. The van der Waals surface area contributed by atoms with Crippen molar-refractivity contribution in [1.82, 2.24) is 0 Å². The molecule has 0 heterocycles. The van der Waals surface area contributed by atoms with Crippen molar-refractivity contribution in [2.24, 2.45) is 5.92 Å². The molecule has 5 heteroatoms. The lowest BCUT2D eigenvalue weighted by atomic mass is 10.2. The van der Waals surface area contributed by atoms with Gasteiger partial charge in [-0.1, -0.05) is 29.3 Å². The van der Waals surface area contributed by atoms with Crippen molar-refractivity contribution in [3.8, 4) is 0 Å². The maximum atomic E-state index is 11.7. The highest BCUT2D eigenvalue weighted by molar-refractivity contribution is 6.39. The van der Waals surface area contributed by atoms with Crippen molar-refractivity contribution >= 4 is 46.2 Å². The molecule has 2 aromatic rings. The van der Waals surface area contributed by atoms with Gasteiger partial charge in [-0.05, 0) is 49.2 Å². The van der Waals surface area contributed by atoms with E-state index in [-0.39, 0.29) is 11.8 Å². The van der Waals surface area contributed by atoms with Gasteiger partial charge in [-0.25, -0.2) is 0 Å². The Kier molecular flexibility index (Phi) is 4.04. The zero-order chi connectivity index (χ0) is 14.8. The van der Waals surface area contributed by atoms with E-state index in [0.29, 0.717) is 15.7 Å². The first kappa shape index (κ1) is 14.2. The molecule has 1 aliphatic carbocycles. The molecule has 1 fully saturated rings. The average molecular weight is 321 g/mol. The van der Waals surface area contributed by atoms with Crippen molar-refractivity contribution in [2.75, 3.05) is 10.6 Å². The predicted octanol–water partition coefficient (Wildman–Crippen LogP) is 5.09. The first-order valence-corrected chi connectivity index (χ1v) is 7.51. The largest absolute Gasteiger partial charge is 0.353 e. The van der Waals surface area contributed by atoms with Gasteiger partial charge in [0.05, 0.1) is 15.7 Å². The minimum absolute atomic E-state index is 0.102. The van der Waals surface area contributed by atoms with E-state index in [2.05, 4.69) is 10.6 Å². The van der Waals surface area contributed by atoms with Crippen molar-refractivity contribution in [3.05, 3.63) is 52.5 Å². The molecule has 0 aliphatic heterocycles. The second-order valence-electron chi connectivity index (χ2n) is 5.06. The monoisotopic (exact) mass is 320 g/mol. The molecular weight excluding hydrogens is 307 g/mol. The number of nitrogens with one attached hydrogen (secondary N) is 2. The van der Waals surface area contributed by atoms with E-state index >= 15 is 0 Å². The van der Waals surface area contributed by atoms with Crippen LogP contribution in [0.1, 0.15) is 12.8 Å². The van der Waals surface area contributed by atoms with Crippen LogP contribution in [0.2, 0.25) is 10.0 Å². The van der Waals surface area contributed by atoms with E-state index in [0.717, 1.165) is 24.2 Å². The molecule has 0 radical (unpaired) electrons. The number of halogens is 2. The normalized spacial score (nSPS) is 13.8. The Morgan fingerprint density at radius 1 is 0.952 bits per heavy atom. The molecule has 1 saturated carbocycles. The first-order valence-electron chi connectivity index (χ1n) is 6.75. The molecule has 3 rings (SSSR count). The van der Waals surface area contributed by atoms with Crippen LogP contribution in [0.15, 0.2) is 42.5 Å². The smallest absolute Gasteiger partial charge is 0.227 e. The SMILES string of the molecule is O=C(Nc1ccc(Nc2c(Cl)cccc2Cl)cc1)C1CC1. The number of hydrogen-bond acceptors (Lipinski definition) is 2. The standard InChI is InChI=1S/C16H14Cl2N2O/c17-13-2-1-3-14(18)15(13)19-11-6-8-12(9-7-11)20-16(21)10-4-5-10/h1-3,6-10,19H,4-5H2,(H,20,21). The summed E-state index contributed by atoms with van der Waals surface area (Å²) in [5.74, 6) is 0.301. The third-order valence-corrected chi connectivity index (χ3v) is 3.96. The molecular formula is C16H14Cl2N2O. The van der Waals surface area contributed by atoms with Crippen LogP contribution in [0.5, 0.6) is 0 Å². The molecule has 1 aliphatic rings. The molecule has 0 spiro atoms. The van der Waals surface area contributed by atoms with Crippen LogP contribution in [-0.2, 0) is 4.79 Å². The van der Waals surface area contributed by atoms with Gasteiger partial charge in [0.1, 0.15) is 0 Å². The lowest BCUT2D eigenvalue weighted by Crippen LogP contribution is -2.13. The highest BCUT2D eigenvalue weighted by Crippen LogP contribution is 2.33. The molecule has 1 amide bonds. The average Bonchev–Trinajstić information content (AvgIpc) is 3.29. The Hall–Kier alpha value is -1.71. The number of rotatable bonds is 4. The number of benzene rings is 2. The molecule has 0 unspecified atom stereocenters. The van der Waals surface area contributed by atoms with Gasteiger partial charge in [0, 0.05) is 17.3 Å². The third kappa shape index (κ3) is 3.49. The van der Waals surface area contributed by atoms with Crippen LogP contribution in [-0.4, -0.2) is 5.91 Å². The number of carbonyl (C=O) groups excluding carboxylic acids is 1. The number of para-hydroxylation sites is 1. The summed E-state index contributed by atoms with van der Waals surface area (Å²) in [6.45, 7) is 0. The molecule has 2 aromatic carbocycles. The molecule has 3 nitrogen and oxygen atoms in total. The minimum atomic E-state index is 0.102. The van der Waals surface area contributed by atoms with Crippen molar-refractivity contribution in [3.63, 3.8) is 0 Å². The van der Waals surface area contributed by atoms with Gasteiger partial charge in [0.2, 0.25) is 5.91 Å². The van der Waals surface area contributed by atoms with E-state index in [1.165, 1.54) is 0 Å². The fourth-order valence-electron chi connectivity index (χ4n) is 1.99. The van der Waals surface area contributed by atoms with Crippen LogP contribution in [0.3, 0.4) is 0 Å². The molecule has 0 bridgehead atoms. The summed E-state index contributed by atoms with van der Waals surface area (Å²) in [5.41, 5.74) is 2.33. The first-order chi connectivity index (χ1) is 10.1. The Labute approximate surface area is 133 Å². The molecule has 21 heavy (non-hydrogen) atoms. The Morgan fingerprint density at radius 2 is 1.52 bits per heavy atom. The topological polar surface area (TPSA) is 41.1 Å².